The maximum absolute atomic E-state index is 11.7. The summed E-state index contributed by atoms with van der Waals surface area (Å²) in [4.78, 5) is 22.6. The SMILES string of the molecule is C=C1CCCC2C1(C)CCC(C)C2(C)C/C=C(\CC=O)C(C)=O. The van der Waals surface area contributed by atoms with Gasteiger partial charge in [-0.15, -0.1) is 0 Å². The van der Waals surface area contributed by atoms with Crippen LogP contribution < -0.4 is 0 Å². The third-order valence-corrected chi connectivity index (χ3v) is 7.11. The fourth-order valence-corrected chi connectivity index (χ4v) is 5.12. The van der Waals surface area contributed by atoms with Gasteiger partial charge in [-0.1, -0.05) is 39.0 Å². The lowest BCUT2D eigenvalue weighted by atomic mass is 9.46. The second-order valence-corrected chi connectivity index (χ2v) is 8.27. The lowest BCUT2D eigenvalue weighted by Crippen LogP contribution is -2.50. The second-order valence-electron chi connectivity index (χ2n) is 8.27. The van der Waals surface area contributed by atoms with Crippen LogP contribution in [0.1, 0.15) is 72.6 Å². The van der Waals surface area contributed by atoms with Gasteiger partial charge in [0.05, 0.1) is 0 Å². The van der Waals surface area contributed by atoms with E-state index >= 15 is 0 Å². The maximum Gasteiger partial charge on any atom is 0.155 e. The summed E-state index contributed by atoms with van der Waals surface area (Å²) in [5, 5.41) is 0. The molecule has 0 amide bonds. The van der Waals surface area contributed by atoms with Crippen LogP contribution in [-0.2, 0) is 9.59 Å². The Morgan fingerprint density at radius 1 is 1.35 bits per heavy atom. The van der Waals surface area contributed by atoms with Gasteiger partial charge >= 0.3 is 0 Å². The van der Waals surface area contributed by atoms with Gasteiger partial charge in [0.25, 0.3) is 0 Å². The van der Waals surface area contributed by atoms with Gasteiger partial charge in [0, 0.05) is 6.42 Å². The normalized spacial score (nSPS) is 38.1. The largest absolute Gasteiger partial charge is 0.303 e. The predicted octanol–water partition coefficient (Wildman–Crippen LogP) is 5.28. The molecule has 0 heterocycles. The highest BCUT2D eigenvalue weighted by molar-refractivity contribution is 5.95. The zero-order chi connectivity index (χ0) is 17.3. The number of Topliss-reactive ketones (excluding diaryl/α,β-unsaturated/α-hetero) is 1. The molecule has 2 fully saturated rings. The summed E-state index contributed by atoms with van der Waals surface area (Å²) >= 11 is 0. The highest BCUT2D eigenvalue weighted by Gasteiger charge is 2.53. The Morgan fingerprint density at radius 2 is 2.04 bits per heavy atom. The van der Waals surface area contributed by atoms with E-state index in [1.165, 1.54) is 31.3 Å². The molecule has 0 aliphatic heterocycles. The topological polar surface area (TPSA) is 34.1 Å². The van der Waals surface area contributed by atoms with Crippen molar-refractivity contribution < 1.29 is 9.59 Å². The molecular formula is C21H32O2. The molecule has 2 aliphatic rings. The maximum atomic E-state index is 11.7. The van der Waals surface area contributed by atoms with Crippen molar-refractivity contribution in [3.8, 4) is 0 Å². The van der Waals surface area contributed by atoms with Gasteiger partial charge in [0.2, 0.25) is 0 Å². The molecule has 4 atom stereocenters. The Bertz CT molecular complexity index is 530. The number of hydrogen-bond donors (Lipinski definition) is 0. The Morgan fingerprint density at radius 3 is 2.65 bits per heavy atom. The molecular weight excluding hydrogens is 284 g/mol. The lowest BCUT2D eigenvalue weighted by Gasteiger charge is -2.58. The minimum absolute atomic E-state index is 0.0278. The molecule has 2 aliphatic carbocycles. The Kier molecular flexibility index (Phi) is 5.33. The summed E-state index contributed by atoms with van der Waals surface area (Å²) in [6.07, 6.45) is 10.1. The number of hydrogen-bond acceptors (Lipinski definition) is 2. The molecule has 0 N–H and O–H groups in total. The molecule has 0 saturated heterocycles. The van der Waals surface area contributed by atoms with Crippen molar-refractivity contribution >= 4 is 12.1 Å². The van der Waals surface area contributed by atoms with Crippen molar-refractivity contribution in [3.05, 3.63) is 23.8 Å². The molecule has 2 rings (SSSR count). The summed E-state index contributed by atoms with van der Waals surface area (Å²) in [6, 6.07) is 0. The molecule has 0 aromatic heterocycles. The molecule has 0 spiro atoms. The molecule has 2 heteroatoms. The van der Waals surface area contributed by atoms with E-state index in [2.05, 4.69) is 33.4 Å². The zero-order valence-electron chi connectivity index (χ0n) is 15.3. The Balaban J connectivity index is 2.32. The minimum atomic E-state index is 0.0278. The van der Waals surface area contributed by atoms with Crippen molar-refractivity contribution in [1.82, 2.24) is 0 Å². The minimum Gasteiger partial charge on any atom is -0.303 e. The van der Waals surface area contributed by atoms with Gasteiger partial charge in [-0.2, -0.15) is 0 Å². The van der Waals surface area contributed by atoms with Crippen LogP contribution in [0.4, 0.5) is 0 Å². The summed E-state index contributed by atoms with van der Waals surface area (Å²) in [7, 11) is 0. The fraction of sp³-hybridized carbons (Fsp3) is 0.714. The molecule has 0 radical (unpaired) electrons. The van der Waals surface area contributed by atoms with Crippen LogP contribution in [0.3, 0.4) is 0 Å². The van der Waals surface area contributed by atoms with E-state index in [0.717, 1.165) is 19.1 Å². The first-order chi connectivity index (χ1) is 10.8. The van der Waals surface area contributed by atoms with Gasteiger partial charge in [-0.3, -0.25) is 4.79 Å². The number of allylic oxidation sites excluding steroid dienone is 3. The first-order valence-electron chi connectivity index (χ1n) is 9.07. The smallest absolute Gasteiger partial charge is 0.155 e. The molecule has 23 heavy (non-hydrogen) atoms. The quantitative estimate of drug-likeness (QED) is 0.393. The van der Waals surface area contributed by atoms with E-state index in [0.29, 0.717) is 17.4 Å². The van der Waals surface area contributed by atoms with Gasteiger partial charge in [-0.25, -0.2) is 0 Å². The number of rotatable bonds is 5. The first-order valence-corrected chi connectivity index (χ1v) is 9.07. The summed E-state index contributed by atoms with van der Waals surface area (Å²) in [5.74, 6) is 1.29. The van der Waals surface area contributed by atoms with E-state index in [4.69, 9.17) is 0 Å². The van der Waals surface area contributed by atoms with Crippen LogP contribution >= 0.6 is 0 Å². The number of carbonyl (C=O) groups excluding carboxylic acids is 2. The third kappa shape index (κ3) is 3.22. The van der Waals surface area contributed by atoms with Gasteiger partial charge in [0.1, 0.15) is 6.29 Å². The van der Waals surface area contributed by atoms with Crippen LogP contribution in [0.2, 0.25) is 0 Å². The van der Waals surface area contributed by atoms with Crippen LogP contribution in [0.25, 0.3) is 0 Å². The van der Waals surface area contributed by atoms with E-state index in [1.54, 1.807) is 6.92 Å². The molecule has 128 valence electrons. The zero-order valence-corrected chi connectivity index (χ0v) is 15.3. The molecule has 0 aromatic rings. The van der Waals surface area contributed by atoms with Crippen molar-refractivity contribution in [2.45, 2.75) is 72.6 Å². The van der Waals surface area contributed by atoms with Gasteiger partial charge < -0.3 is 4.79 Å². The van der Waals surface area contributed by atoms with E-state index < -0.39 is 0 Å². The second kappa shape index (κ2) is 6.75. The van der Waals surface area contributed by atoms with Gasteiger partial charge in [0.15, 0.2) is 5.78 Å². The van der Waals surface area contributed by atoms with Crippen LogP contribution in [0.15, 0.2) is 23.8 Å². The van der Waals surface area contributed by atoms with Crippen molar-refractivity contribution in [2.24, 2.45) is 22.7 Å². The molecule has 4 unspecified atom stereocenters. The highest BCUT2D eigenvalue weighted by Crippen LogP contribution is 2.62. The van der Waals surface area contributed by atoms with Crippen LogP contribution in [0.5, 0.6) is 0 Å². The fourth-order valence-electron chi connectivity index (χ4n) is 5.12. The molecule has 2 nitrogen and oxygen atoms in total. The lowest BCUT2D eigenvalue weighted by molar-refractivity contribution is -0.115. The van der Waals surface area contributed by atoms with E-state index in [1.807, 2.05) is 0 Å². The molecule has 0 bridgehead atoms. The number of fused-ring (bicyclic) bond motifs is 1. The van der Waals surface area contributed by atoms with Crippen molar-refractivity contribution in [3.63, 3.8) is 0 Å². The average Bonchev–Trinajstić information content (AvgIpc) is 2.50. The summed E-state index contributed by atoms with van der Waals surface area (Å²) in [6.45, 7) is 13.1. The highest BCUT2D eigenvalue weighted by atomic mass is 16.1. The number of aldehydes is 1. The third-order valence-electron chi connectivity index (χ3n) is 7.11. The molecule has 2 saturated carbocycles. The van der Waals surface area contributed by atoms with Gasteiger partial charge in [-0.05, 0) is 73.7 Å². The monoisotopic (exact) mass is 316 g/mol. The van der Waals surface area contributed by atoms with Crippen molar-refractivity contribution in [2.75, 3.05) is 0 Å². The number of ketones is 1. The number of carbonyl (C=O) groups is 2. The Hall–Kier alpha value is -1.18. The summed E-state index contributed by atoms with van der Waals surface area (Å²) < 4.78 is 0. The van der Waals surface area contributed by atoms with Crippen LogP contribution in [-0.4, -0.2) is 12.1 Å². The Labute approximate surface area is 141 Å². The first kappa shape index (κ1) is 18.2. The van der Waals surface area contributed by atoms with E-state index in [9.17, 15) is 9.59 Å². The van der Waals surface area contributed by atoms with E-state index in [-0.39, 0.29) is 23.0 Å². The summed E-state index contributed by atoms with van der Waals surface area (Å²) in [5.41, 5.74) is 2.53. The average molecular weight is 316 g/mol. The van der Waals surface area contributed by atoms with Crippen LogP contribution in [0, 0.1) is 22.7 Å². The predicted molar refractivity (Wildman–Crippen MR) is 95.2 cm³/mol. The van der Waals surface area contributed by atoms with Crippen molar-refractivity contribution in [1.29, 1.82) is 0 Å². The standard InChI is InChI=1S/C21H32O2/c1-15-7-6-8-19-20(15,4)12-9-16(2)21(19,5)13-10-18(11-14-22)17(3)23/h10,14,16,19H,1,6-9,11-13H2,2-5H3/b18-10+. The molecule has 0 aromatic carbocycles.